The molecule has 7 heteroatoms. The Bertz CT molecular complexity index is 556. The van der Waals surface area contributed by atoms with Gasteiger partial charge in [-0.05, 0) is 29.7 Å². The highest BCUT2D eigenvalue weighted by molar-refractivity contribution is 5.87. The highest BCUT2D eigenvalue weighted by Gasteiger charge is 2.28. The second kappa shape index (κ2) is 4.67. The molecule has 0 atom stereocenters. The zero-order chi connectivity index (χ0) is 13.2. The zero-order valence-corrected chi connectivity index (χ0v) is 8.87. The number of ether oxygens (including phenoxy) is 1. The van der Waals surface area contributed by atoms with Crippen molar-refractivity contribution in [2.24, 2.45) is 0 Å². The molecule has 0 bridgehead atoms. The second-order valence-electron chi connectivity index (χ2n) is 3.48. The van der Waals surface area contributed by atoms with Crippen LogP contribution >= 0.6 is 0 Å². The molecule has 1 aromatic carbocycles. The molecule has 1 heterocycles. The summed E-state index contributed by atoms with van der Waals surface area (Å²) in [7, 11) is 0. The predicted molar refractivity (Wildman–Crippen MR) is 55.0 cm³/mol. The summed E-state index contributed by atoms with van der Waals surface area (Å²) < 4.78 is 52.6. The maximum Gasteiger partial charge on any atom is 0.422 e. The molecule has 2 rings (SSSR count). The molecule has 2 aromatic rings. The summed E-state index contributed by atoms with van der Waals surface area (Å²) in [6, 6.07) is 5.53. The van der Waals surface area contributed by atoms with E-state index in [1.54, 1.807) is 0 Å². The molecule has 0 unspecified atom stereocenters. The molecule has 18 heavy (non-hydrogen) atoms. The number of halogens is 4. The third-order valence-electron chi connectivity index (χ3n) is 2.17. The lowest BCUT2D eigenvalue weighted by Gasteiger charge is -2.09. The van der Waals surface area contributed by atoms with Gasteiger partial charge in [-0.15, -0.1) is 0 Å². The van der Waals surface area contributed by atoms with E-state index in [1.165, 1.54) is 30.5 Å². The number of fused-ring (bicyclic) bond motifs is 1. The van der Waals surface area contributed by atoms with Crippen LogP contribution in [0.25, 0.3) is 10.8 Å². The van der Waals surface area contributed by atoms with Crippen molar-refractivity contribution in [1.82, 2.24) is 4.98 Å². The second-order valence-corrected chi connectivity index (χ2v) is 3.48. The summed E-state index contributed by atoms with van der Waals surface area (Å²) >= 11 is 0. The fraction of sp³-hybridized carbons (Fsp3) is 0.182. The Balaban J connectivity index is 2.28. The lowest BCUT2D eigenvalue weighted by atomic mass is 10.1. The molecule has 0 radical (unpaired) electrons. The van der Waals surface area contributed by atoms with Gasteiger partial charge in [-0.2, -0.15) is 13.2 Å². The maximum atomic E-state index is 12.1. The number of hydrogen-bond donors (Lipinski definition) is 0. The number of alkyl halides is 3. The largest absolute Gasteiger partial charge is 0.484 e. The summed E-state index contributed by atoms with van der Waals surface area (Å²) in [6.07, 6.45) is -3.12. The van der Waals surface area contributed by atoms with E-state index in [-0.39, 0.29) is 11.6 Å². The predicted octanol–water partition coefficient (Wildman–Crippen LogP) is 3.44. The van der Waals surface area contributed by atoms with Crippen LogP contribution < -0.4 is 9.68 Å². The molecule has 0 saturated carbocycles. The van der Waals surface area contributed by atoms with Crippen LogP contribution in [-0.2, 0) is 0 Å². The van der Waals surface area contributed by atoms with E-state index in [0.717, 1.165) is 0 Å². The smallest absolute Gasteiger partial charge is 0.422 e. The summed E-state index contributed by atoms with van der Waals surface area (Å²) in [6.45, 7) is -1.38. The van der Waals surface area contributed by atoms with Crippen molar-refractivity contribution >= 4 is 10.8 Å². The molecular weight excluding hydrogens is 254 g/mol. The molecule has 0 aliphatic carbocycles. The lowest BCUT2D eigenvalue weighted by Crippen LogP contribution is -2.19. The van der Waals surface area contributed by atoms with Gasteiger partial charge in [0.1, 0.15) is 5.75 Å². The van der Waals surface area contributed by atoms with Gasteiger partial charge in [-0.25, -0.2) is 4.98 Å². The molecule has 96 valence electrons. The van der Waals surface area contributed by atoms with Crippen molar-refractivity contribution in [1.29, 1.82) is 0 Å². The molecule has 0 aliphatic rings. The maximum absolute atomic E-state index is 12.1. The van der Waals surface area contributed by atoms with Crippen molar-refractivity contribution < 1.29 is 27.4 Å². The third-order valence-corrected chi connectivity index (χ3v) is 2.17. The van der Waals surface area contributed by atoms with Crippen molar-refractivity contribution in [3.05, 3.63) is 30.5 Å². The third kappa shape index (κ3) is 2.79. The summed E-state index contributed by atoms with van der Waals surface area (Å²) in [5.74, 6) is -0.203. The first-order valence-electron chi connectivity index (χ1n) is 4.86. The van der Waals surface area contributed by atoms with Gasteiger partial charge in [0.05, 0.1) is 0 Å². The van der Waals surface area contributed by atoms with E-state index in [0.29, 0.717) is 10.8 Å². The fourth-order valence-electron chi connectivity index (χ4n) is 1.44. The van der Waals surface area contributed by atoms with E-state index < -0.39 is 12.8 Å². The number of pyridine rings is 1. The van der Waals surface area contributed by atoms with Crippen LogP contribution in [-0.4, -0.2) is 17.8 Å². The van der Waals surface area contributed by atoms with Crippen LogP contribution in [0.2, 0.25) is 0 Å². The summed E-state index contributed by atoms with van der Waals surface area (Å²) in [5.41, 5.74) is 0. The van der Waals surface area contributed by atoms with Gasteiger partial charge < -0.3 is 4.74 Å². The minimum Gasteiger partial charge on any atom is -0.484 e. The van der Waals surface area contributed by atoms with Crippen LogP contribution in [0.15, 0.2) is 30.5 Å². The average Bonchev–Trinajstić information content (AvgIpc) is 2.34. The average molecular weight is 261 g/mol. The van der Waals surface area contributed by atoms with Crippen LogP contribution in [0.3, 0.4) is 0 Å². The van der Waals surface area contributed by atoms with E-state index >= 15 is 0 Å². The monoisotopic (exact) mass is 261 g/mol. The quantitative estimate of drug-likeness (QED) is 0.793. The SMILES string of the molecule is FOc1nccc2cc(OCC(F)(F)F)ccc12. The van der Waals surface area contributed by atoms with E-state index in [2.05, 4.69) is 14.7 Å². The number of rotatable bonds is 3. The fourth-order valence-corrected chi connectivity index (χ4v) is 1.44. The van der Waals surface area contributed by atoms with Gasteiger partial charge in [-0.3, -0.25) is 4.94 Å². The molecule has 0 N–H and O–H groups in total. The van der Waals surface area contributed by atoms with Crippen LogP contribution in [0, 0.1) is 0 Å². The van der Waals surface area contributed by atoms with E-state index in [9.17, 15) is 17.7 Å². The molecule has 1 aromatic heterocycles. The first kappa shape index (κ1) is 12.4. The molecule has 0 aliphatic heterocycles. The molecule has 0 amide bonds. The van der Waals surface area contributed by atoms with E-state index in [1.807, 2.05) is 0 Å². The molecule has 0 spiro atoms. The lowest BCUT2D eigenvalue weighted by molar-refractivity contribution is -0.153. The minimum atomic E-state index is -4.40. The minimum absolute atomic E-state index is 0.0378. The molecular formula is C11H7F4NO2. The molecule has 0 fully saturated rings. The van der Waals surface area contributed by atoms with Crippen molar-refractivity contribution in [3.8, 4) is 11.6 Å². The Morgan fingerprint density at radius 2 is 1.94 bits per heavy atom. The Kier molecular flexibility index (Phi) is 3.22. The van der Waals surface area contributed by atoms with Crippen molar-refractivity contribution in [2.45, 2.75) is 6.18 Å². The van der Waals surface area contributed by atoms with Gasteiger partial charge in [0.15, 0.2) is 6.61 Å². The number of benzene rings is 1. The Morgan fingerprint density at radius 3 is 2.61 bits per heavy atom. The number of nitrogens with zero attached hydrogens (tertiary/aromatic N) is 1. The normalized spacial score (nSPS) is 11.6. The van der Waals surface area contributed by atoms with Gasteiger partial charge >= 0.3 is 6.18 Å². The Morgan fingerprint density at radius 1 is 1.17 bits per heavy atom. The highest BCUT2D eigenvalue weighted by atomic mass is 19.4. The number of aromatic nitrogens is 1. The zero-order valence-electron chi connectivity index (χ0n) is 8.87. The Labute approximate surface area is 98.9 Å². The first-order chi connectivity index (χ1) is 8.49. The van der Waals surface area contributed by atoms with Crippen LogP contribution in [0.1, 0.15) is 0 Å². The molecule has 0 saturated heterocycles. The standard InChI is InChI=1S/C11H7F4NO2/c12-11(13,14)6-17-8-1-2-9-7(5-8)3-4-16-10(9)18-15/h1-5H,6H2. The number of hydrogen-bond acceptors (Lipinski definition) is 3. The summed E-state index contributed by atoms with van der Waals surface area (Å²) in [4.78, 5) is 7.17. The summed E-state index contributed by atoms with van der Waals surface area (Å²) in [5, 5.41) is 0.816. The van der Waals surface area contributed by atoms with Crippen LogP contribution in [0.5, 0.6) is 11.6 Å². The topological polar surface area (TPSA) is 31.4 Å². The van der Waals surface area contributed by atoms with Gasteiger partial charge in [-0.1, -0.05) is 0 Å². The van der Waals surface area contributed by atoms with Crippen LogP contribution in [0.4, 0.5) is 17.7 Å². The van der Waals surface area contributed by atoms with Crippen molar-refractivity contribution in [3.63, 3.8) is 0 Å². The van der Waals surface area contributed by atoms with E-state index in [4.69, 9.17) is 0 Å². The van der Waals surface area contributed by atoms with Gasteiger partial charge in [0, 0.05) is 16.1 Å². The molecule has 3 nitrogen and oxygen atoms in total. The Hall–Kier alpha value is -2.05. The van der Waals surface area contributed by atoms with Crippen molar-refractivity contribution in [2.75, 3.05) is 6.61 Å². The van der Waals surface area contributed by atoms with Gasteiger partial charge in [0.2, 0.25) is 0 Å². The van der Waals surface area contributed by atoms with Gasteiger partial charge in [0.25, 0.3) is 5.88 Å². The first-order valence-corrected chi connectivity index (χ1v) is 4.86. The highest BCUT2D eigenvalue weighted by Crippen LogP contribution is 2.27.